The van der Waals surface area contributed by atoms with Crippen molar-refractivity contribution in [1.29, 1.82) is 5.26 Å². The van der Waals surface area contributed by atoms with E-state index in [9.17, 15) is 4.39 Å². The van der Waals surface area contributed by atoms with E-state index in [0.717, 1.165) is 36.2 Å². The van der Waals surface area contributed by atoms with Gasteiger partial charge in [-0.2, -0.15) is 5.26 Å². The number of nitrogens with zero attached hydrogens (tertiary/aromatic N) is 2. The van der Waals surface area contributed by atoms with E-state index >= 15 is 0 Å². The van der Waals surface area contributed by atoms with Crippen LogP contribution in [0.5, 0.6) is 0 Å². The average molecular weight is 255 g/mol. The molecule has 1 aromatic carbocycles. The van der Waals surface area contributed by atoms with Crippen LogP contribution in [0.15, 0.2) is 30.5 Å². The first-order valence-electron chi connectivity index (χ1n) is 6.36. The zero-order valence-electron chi connectivity index (χ0n) is 10.4. The maximum atomic E-state index is 13.2. The first kappa shape index (κ1) is 11.9. The molecule has 96 valence electrons. The highest BCUT2D eigenvalue weighted by molar-refractivity contribution is 5.51. The topological polar surface area (TPSA) is 54.7 Å². The Hall–Kier alpha value is -2.12. The minimum atomic E-state index is -0.391. The van der Waals surface area contributed by atoms with Crippen LogP contribution < -0.4 is 5.73 Å². The van der Waals surface area contributed by atoms with Crippen molar-refractivity contribution in [1.82, 2.24) is 4.57 Å². The molecule has 3 rings (SSSR count). The lowest BCUT2D eigenvalue weighted by atomic mass is 9.93. The fourth-order valence-corrected chi connectivity index (χ4v) is 2.76. The van der Waals surface area contributed by atoms with Crippen molar-refractivity contribution in [3.8, 4) is 11.8 Å². The fraction of sp³-hybridized carbons (Fsp3) is 0.267. The molecule has 0 bridgehead atoms. The molecule has 0 fully saturated rings. The van der Waals surface area contributed by atoms with Gasteiger partial charge in [-0.25, -0.2) is 4.39 Å². The molecule has 1 heterocycles. The van der Waals surface area contributed by atoms with Crippen molar-refractivity contribution in [2.45, 2.75) is 25.3 Å². The molecule has 1 aliphatic rings. The standard InChI is InChI=1S/C15H14FN3/c16-11-4-5-14(10(8-11)9-17)19-7-6-12-13(18)2-1-3-15(12)19/h4-8,13H,1-3,18H2. The van der Waals surface area contributed by atoms with Crippen LogP contribution in [-0.2, 0) is 6.42 Å². The Morgan fingerprint density at radius 2 is 2.21 bits per heavy atom. The van der Waals surface area contributed by atoms with Gasteiger partial charge in [0.1, 0.15) is 11.9 Å². The summed E-state index contributed by atoms with van der Waals surface area (Å²) < 4.78 is 15.2. The number of nitrogens with two attached hydrogens (primary N) is 1. The molecule has 1 aromatic heterocycles. The summed E-state index contributed by atoms with van der Waals surface area (Å²) in [5, 5.41) is 9.14. The van der Waals surface area contributed by atoms with Crippen LogP contribution in [0.4, 0.5) is 4.39 Å². The average Bonchev–Trinajstić information content (AvgIpc) is 2.84. The Morgan fingerprint density at radius 3 is 3.00 bits per heavy atom. The number of aromatic nitrogens is 1. The third-order valence-electron chi connectivity index (χ3n) is 3.69. The molecule has 0 radical (unpaired) electrons. The Morgan fingerprint density at radius 1 is 1.37 bits per heavy atom. The van der Waals surface area contributed by atoms with Gasteiger partial charge in [-0.15, -0.1) is 0 Å². The summed E-state index contributed by atoms with van der Waals surface area (Å²) in [6, 6.07) is 8.42. The van der Waals surface area contributed by atoms with Crippen LogP contribution in [0.2, 0.25) is 0 Å². The van der Waals surface area contributed by atoms with Gasteiger partial charge in [0.05, 0.1) is 11.3 Å². The van der Waals surface area contributed by atoms with Crippen molar-refractivity contribution in [2.24, 2.45) is 5.73 Å². The van der Waals surface area contributed by atoms with E-state index in [4.69, 9.17) is 11.0 Å². The summed E-state index contributed by atoms with van der Waals surface area (Å²) in [5.74, 6) is -0.391. The normalized spacial score (nSPS) is 17.8. The molecule has 0 amide bonds. The summed E-state index contributed by atoms with van der Waals surface area (Å²) in [4.78, 5) is 0. The largest absolute Gasteiger partial charge is 0.324 e. The lowest BCUT2D eigenvalue weighted by Crippen LogP contribution is -2.18. The zero-order valence-corrected chi connectivity index (χ0v) is 10.4. The van der Waals surface area contributed by atoms with E-state index in [1.807, 2.05) is 16.8 Å². The van der Waals surface area contributed by atoms with E-state index < -0.39 is 5.82 Å². The molecule has 2 aromatic rings. The number of fused-ring (bicyclic) bond motifs is 1. The highest BCUT2D eigenvalue weighted by Gasteiger charge is 2.21. The van der Waals surface area contributed by atoms with Crippen LogP contribution in [0.25, 0.3) is 5.69 Å². The Bertz CT molecular complexity index is 667. The van der Waals surface area contributed by atoms with Crippen LogP contribution in [-0.4, -0.2) is 4.57 Å². The monoisotopic (exact) mass is 255 g/mol. The van der Waals surface area contributed by atoms with Gasteiger partial charge in [-0.1, -0.05) is 0 Å². The minimum Gasteiger partial charge on any atom is -0.324 e. The van der Waals surface area contributed by atoms with E-state index in [2.05, 4.69) is 6.07 Å². The summed E-state index contributed by atoms with van der Waals surface area (Å²) >= 11 is 0. The second kappa shape index (κ2) is 4.52. The van der Waals surface area contributed by atoms with Crippen LogP contribution >= 0.6 is 0 Å². The number of halogens is 1. The molecule has 2 N–H and O–H groups in total. The fourth-order valence-electron chi connectivity index (χ4n) is 2.76. The summed E-state index contributed by atoms with van der Waals surface area (Å²) in [6.07, 6.45) is 4.90. The number of hydrogen-bond donors (Lipinski definition) is 1. The number of hydrogen-bond acceptors (Lipinski definition) is 2. The van der Waals surface area contributed by atoms with E-state index in [1.165, 1.54) is 12.1 Å². The smallest absolute Gasteiger partial charge is 0.124 e. The molecule has 0 aliphatic heterocycles. The Labute approximate surface area is 111 Å². The lowest BCUT2D eigenvalue weighted by molar-refractivity contribution is 0.560. The predicted molar refractivity (Wildman–Crippen MR) is 70.3 cm³/mol. The second-order valence-corrected chi connectivity index (χ2v) is 4.86. The van der Waals surface area contributed by atoms with Gasteiger partial charge in [-0.05, 0) is 49.1 Å². The van der Waals surface area contributed by atoms with E-state index in [0.29, 0.717) is 5.56 Å². The number of benzene rings is 1. The first-order chi connectivity index (χ1) is 9.20. The summed E-state index contributed by atoms with van der Waals surface area (Å²) in [5.41, 5.74) is 9.44. The highest BCUT2D eigenvalue weighted by atomic mass is 19.1. The van der Waals surface area contributed by atoms with Crippen molar-refractivity contribution < 1.29 is 4.39 Å². The van der Waals surface area contributed by atoms with Gasteiger partial charge < -0.3 is 10.3 Å². The predicted octanol–water partition coefficient (Wildman–Crippen LogP) is 2.82. The SMILES string of the molecule is N#Cc1cc(F)ccc1-n1ccc2c1CCCC2N. The zero-order chi connectivity index (χ0) is 13.4. The van der Waals surface area contributed by atoms with Crippen molar-refractivity contribution >= 4 is 0 Å². The van der Waals surface area contributed by atoms with Gasteiger partial charge in [0.2, 0.25) is 0 Å². The molecule has 0 saturated carbocycles. The number of nitriles is 1. The first-order valence-corrected chi connectivity index (χ1v) is 6.36. The molecule has 4 heteroatoms. The van der Waals surface area contributed by atoms with Gasteiger partial charge in [0.25, 0.3) is 0 Å². The third-order valence-corrected chi connectivity index (χ3v) is 3.69. The maximum absolute atomic E-state index is 13.2. The quantitative estimate of drug-likeness (QED) is 0.851. The van der Waals surface area contributed by atoms with Crippen LogP contribution in [0.3, 0.4) is 0 Å². The van der Waals surface area contributed by atoms with Crippen molar-refractivity contribution in [3.05, 3.63) is 53.1 Å². The van der Waals surface area contributed by atoms with Crippen molar-refractivity contribution in [2.75, 3.05) is 0 Å². The molecular formula is C15H14FN3. The molecule has 3 nitrogen and oxygen atoms in total. The number of rotatable bonds is 1. The molecule has 1 atom stereocenters. The molecule has 0 saturated heterocycles. The van der Waals surface area contributed by atoms with Gasteiger partial charge >= 0.3 is 0 Å². The third kappa shape index (κ3) is 1.92. The summed E-state index contributed by atoms with van der Waals surface area (Å²) in [7, 11) is 0. The molecule has 1 unspecified atom stereocenters. The van der Waals surface area contributed by atoms with E-state index in [1.54, 1.807) is 6.07 Å². The van der Waals surface area contributed by atoms with E-state index in [-0.39, 0.29) is 6.04 Å². The molecular weight excluding hydrogens is 241 g/mol. The molecule has 1 aliphatic carbocycles. The summed E-state index contributed by atoms with van der Waals surface area (Å²) in [6.45, 7) is 0. The minimum absolute atomic E-state index is 0.0657. The van der Waals surface area contributed by atoms with Crippen LogP contribution in [0, 0.1) is 17.1 Å². The molecule has 0 spiro atoms. The van der Waals surface area contributed by atoms with Crippen LogP contribution in [0.1, 0.15) is 35.7 Å². The van der Waals surface area contributed by atoms with Gasteiger partial charge in [0, 0.05) is 17.9 Å². The Kier molecular flexibility index (Phi) is 2.84. The van der Waals surface area contributed by atoms with Crippen molar-refractivity contribution in [3.63, 3.8) is 0 Å². The van der Waals surface area contributed by atoms with Gasteiger partial charge in [0.15, 0.2) is 0 Å². The highest BCUT2D eigenvalue weighted by Crippen LogP contribution is 2.31. The maximum Gasteiger partial charge on any atom is 0.124 e. The lowest BCUT2D eigenvalue weighted by Gasteiger charge is -2.21. The second-order valence-electron chi connectivity index (χ2n) is 4.86. The Balaban J connectivity index is 2.16. The molecule has 19 heavy (non-hydrogen) atoms. The van der Waals surface area contributed by atoms with Gasteiger partial charge in [-0.3, -0.25) is 0 Å².